The lowest BCUT2D eigenvalue weighted by Gasteiger charge is -2.22. The maximum absolute atomic E-state index is 11.4. The van der Waals surface area contributed by atoms with E-state index in [1.165, 1.54) is 0 Å². The van der Waals surface area contributed by atoms with Gasteiger partial charge in [0.2, 0.25) is 0 Å². The van der Waals surface area contributed by atoms with Gasteiger partial charge in [-0.2, -0.15) is 0 Å². The van der Waals surface area contributed by atoms with Gasteiger partial charge in [0.25, 0.3) is 0 Å². The van der Waals surface area contributed by atoms with Gasteiger partial charge in [0.1, 0.15) is 0 Å². The van der Waals surface area contributed by atoms with Gasteiger partial charge in [-0.25, -0.2) is 4.68 Å². The molecule has 0 aliphatic carbocycles. The van der Waals surface area contributed by atoms with Crippen LogP contribution in [0.4, 0.5) is 5.69 Å². The Morgan fingerprint density at radius 1 is 1.35 bits per heavy atom. The minimum absolute atomic E-state index is 0.163. The van der Waals surface area contributed by atoms with Gasteiger partial charge < -0.3 is 5.73 Å². The molecule has 0 spiro atoms. The van der Waals surface area contributed by atoms with E-state index < -0.39 is 10.8 Å². The standard InChI is InChI=1S/C12H14ClN5OS/c13-10-3-1-2-9(11(10)14)12-15-16-17-18(12)8-4-6-20(19)7-5-8/h1-3,8H,4-7,14H2. The Kier molecular flexibility index (Phi) is 3.71. The van der Waals surface area contributed by atoms with Gasteiger partial charge >= 0.3 is 0 Å². The summed E-state index contributed by atoms with van der Waals surface area (Å²) in [5, 5.41) is 12.4. The summed E-state index contributed by atoms with van der Waals surface area (Å²) in [6, 6.07) is 5.57. The number of tetrazole rings is 1. The van der Waals surface area contributed by atoms with E-state index in [2.05, 4.69) is 15.5 Å². The summed E-state index contributed by atoms with van der Waals surface area (Å²) in [7, 11) is -0.709. The Morgan fingerprint density at radius 3 is 2.85 bits per heavy atom. The molecule has 1 aromatic carbocycles. The predicted octanol–water partition coefficient (Wildman–Crippen LogP) is 1.66. The summed E-state index contributed by atoms with van der Waals surface area (Å²) in [6.07, 6.45) is 1.62. The molecule has 6 nitrogen and oxygen atoms in total. The fraction of sp³-hybridized carbons (Fsp3) is 0.417. The molecule has 1 aromatic heterocycles. The minimum atomic E-state index is -0.709. The van der Waals surface area contributed by atoms with Crippen molar-refractivity contribution in [2.75, 3.05) is 17.2 Å². The van der Waals surface area contributed by atoms with Crippen molar-refractivity contribution in [2.24, 2.45) is 0 Å². The summed E-state index contributed by atoms with van der Waals surface area (Å²) in [4.78, 5) is 0. The average molecular weight is 312 g/mol. The van der Waals surface area contributed by atoms with Crippen LogP contribution in [0.2, 0.25) is 5.02 Å². The van der Waals surface area contributed by atoms with E-state index in [0.29, 0.717) is 28.0 Å². The first-order valence-corrected chi connectivity index (χ1v) is 8.20. The van der Waals surface area contributed by atoms with Crippen LogP contribution in [-0.2, 0) is 10.8 Å². The van der Waals surface area contributed by atoms with Gasteiger partial charge in [-0.1, -0.05) is 17.7 Å². The van der Waals surface area contributed by atoms with Crippen LogP contribution < -0.4 is 5.73 Å². The Bertz CT molecular complexity index is 649. The molecule has 3 rings (SSSR count). The quantitative estimate of drug-likeness (QED) is 0.852. The first kappa shape index (κ1) is 13.5. The molecule has 20 heavy (non-hydrogen) atoms. The Labute approximate surface area is 123 Å². The third-order valence-corrected chi connectivity index (χ3v) is 5.20. The van der Waals surface area contributed by atoms with E-state index in [0.717, 1.165) is 18.4 Å². The highest BCUT2D eigenvalue weighted by Gasteiger charge is 2.24. The van der Waals surface area contributed by atoms with Gasteiger partial charge in [-0.3, -0.25) is 4.21 Å². The number of halogens is 1. The van der Waals surface area contributed by atoms with Crippen LogP contribution in [0, 0.1) is 0 Å². The van der Waals surface area contributed by atoms with Crippen LogP contribution in [0.3, 0.4) is 0 Å². The fourth-order valence-corrected chi connectivity index (χ4v) is 3.82. The molecule has 8 heteroatoms. The maximum Gasteiger partial charge on any atom is 0.184 e. The number of nitrogens with two attached hydrogens (primary N) is 1. The summed E-state index contributed by atoms with van der Waals surface area (Å²) in [5.41, 5.74) is 7.21. The molecule has 1 aliphatic heterocycles. The predicted molar refractivity (Wildman–Crippen MR) is 78.8 cm³/mol. The minimum Gasteiger partial charge on any atom is -0.397 e. The lowest BCUT2D eigenvalue weighted by molar-refractivity contribution is 0.415. The number of nitrogen functional groups attached to an aromatic ring is 1. The van der Waals surface area contributed by atoms with Crippen molar-refractivity contribution >= 4 is 28.1 Å². The summed E-state index contributed by atoms with van der Waals surface area (Å²) >= 11 is 6.04. The molecule has 0 radical (unpaired) electrons. The van der Waals surface area contributed by atoms with Crippen LogP contribution in [-0.4, -0.2) is 35.9 Å². The fourth-order valence-electron chi connectivity index (χ4n) is 2.37. The van der Waals surface area contributed by atoms with Gasteiger partial charge in [0.15, 0.2) is 5.82 Å². The topological polar surface area (TPSA) is 86.7 Å². The average Bonchev–Trinajstić information content (AvgIpc) is 2.92. The SMILES string of the molecule is Nc1c(Cl)cccc1-c1nnnn1C1CCS(=O)CC1. The molecular weight excluding hydrogens is 298 g/mol. The van der Waals surface area contributed by atoms with Crippen LogP contribution >= 0.6 is 11.6 Å². The molecule has 0 unspecified atom stereocenters. The van der Waals surface area contributed by atoms with Crippen molar-refractivity contribution in [3.05, 3.63) is 23.2 Å². The van der Waals surface area contributed by atoms with Crippen LogP contribution in [0.5, 0.6) is 0 Å². The molecule has 1 fully saturated rings. The summed E-state index contributed by atoms with van der Waals surface area (Å²) in [6.45, 7) is 0. The first-order valence-electron chi connectivity index (χ1n) is 6.34. The zero-order valence-electron chi connectivity index (χ0n) is 10.7. The van der Waals surface area contributed by atoms with Crippen molar-refractivity contribution in [3.8, 4) is 11.4 Å². The molecule has 106 valence electrons. The molecule has 2 aromatic rings. The zero-order chi connectivity index (χ0) is 14.1. The molecule has 2 heterocycles. The van der Waals surface area contributed by atoms with E-state index in [9.17, 15) is 4.21 Å². The van der Waals surface area contributed by atoms with Crippen molar-refractivity contribution in [3.63, 3.8) is 0 Å². The zero-order valence-corrected chi connectivity index (χ0v) is 12.3. The number of rotatable bonds is 2. The third kappa shape index (κ3) is 2.43. The van der Waals surface area contributed by atoms with E-state index in [1.807, 2.05) is 12.1 Å². The monoisotopic (exact) mass is 311 g/mol. The Balaban J connectivity index is 1.98. The summed E-state index contributed by atoms with van der Waals surface area (Å²) in [5.74, 6) is 1.99. The molecule has 0 saturated carbocycles. The van der Waals surface area contributed by atoms with Gasteiger partial charge in [-0.15, -0.1) is 5.10 Å². The van der Waals surface area contributed by atoms with Gasteiger partial charge in [0, 0.05) is 27.9 Å². The molecular formula is C12H14ClN5OS. The molecule has 0 atom stereocenters. The number of anilines is 1. The number of benzene rings is 1. The number of hydrogen-bond acceptors (Lipinski definition) is 5. The maximum atomic E-state index is 11.4. The Hall–Kier alpha value is -1.47. The van der Waals surface area contributed by atoms with E-state index >= 15 is 0 Å². The second kappa shape index (κ2) is 5.49. The number of aromatic nitrogens is 4. The van der Waals surface area contributed by atoms with E-state index in [1.54, 1.807) is 10.7 Å². The molecule has 1 saturated heterocycles. The lowest BCUT2D eigenvalue weighted by Crippen LogP contribution is -2.23. The van der Waals surface area contributed by atoms with Crippen molar-refractivity contribution in [1.29, 1.82) is 0 Å². The van der Waals surface area contributed by atoms with Crippen molar-refractivity contribution in [1.82, 2.24) is 20.2 Å². The Morgan fingerprint density at radius 2 is 2.10 bits per heavy atom. The highest BCUT2D eigenvalue weighted by Crippen LogP contribution is 2.32. The number of nitrogens with zero attached hydrogens (tertiary/aromatic N) is 4. The summed E-state index contributed by atoms with van der Waals surface area (Å²) < 4.78 is 13.2. The second-order valence-electron chi connectivity index (χ2n) is 4.73. The second-order valence-corrected chi connectivity index (χ2v) is 6.83. The highest BCUT2D eigenvalue weighted by atomic mass is 35.5. The highest BCUT2D eigenvalue weighted by molar-refractivity contribution is 7.85. The number of para-hydroxylation sites is 1. The molecule has 1 aliphatic rings. The third-order valence-electron chi connectivity index (χ3n) is 3.49. The van der Waals surface area contributed by atoms with Crippen molar-refractivity contribution < 1.29 is 4.21 Å². The number of hydrogen-bond donors (Lipinski definition) is 1. The normalized spacial score (nSPS) is 22.9. The van der Waals surface area contributed by atoms with Gasteiger partial charge in [0.05, 0.1) is 16.8 Å². The largest absolute Gasteiger partial charge is 0.397 e. The molecule has 2 N–H and O–H groups in total. The van der Waals surface area contributed by atoms with Gasteiger partial charge in [-0.05, 0) is 35.4 Å². The molecule has 0 amide bonds. The lowest BCUT2D eigenvalue weighted by atomic mass is 10.1. The van der Waals surface area contributed by atoms with E-state index in [4.69, 9.17) is 17.3 Å². The van der Waals surface area contributed by atoms with Crippen molar-refractivity contribution in [2.45, 2.75) is 18.9 Å². The van der Waals surface area contributed by atoms with Crippen LogP contribution in [0.25, 0.3) is 11.4 Å². The smallest absolute Gasteiger partial charge is 0.184 e. The first-order chi connectivity index (χ1) is 9.66. The van der Waals surface area contributed by atoms with E-state index in [-0.39, 0.29) is 6.04 Å². The van der Waals surface area contributed by atoms with Crippen LogP contribution in [0.1, 0.15) is 18.9 Å². The molecule has 0 bridgehead atoms. The van der Waals surface area contributed by atoms with Crippen LogP contribution in [0.15, 0.2) is 18.2 Å².